The Morgan fingerprint density at radius 1 is 1.10 bits per heavy atom. The van der Waals surface area contributed by atoms with Gasteiger partial charge in [0.1, 0.15) is 11.0 Å². The van der Waals surface area contributed by atoms with Crippen LogP contribution in [0.3, 0.4) is 0 Å². The van der Waals surface area contributed by atoms with Crippen LogP contribution in [0, 0.1) is 6.92 Å². The van der Waals surface area contributed by atoms with Gasteiger partial charge < -0.3 is 9.64 Å². The molecule has 0 saturated heterocycles. The van der Waals surface area contributed by atoms with Gasteiger partial charge in [-0.15, -0.1) is 10.2 Å². The third-order valence-electron chi connectivity index (χ3n) is 4.87. The van der Waals surface area contributed by atoms with E-state index in [-0.39, 0.29) is 5.91 Å². The van der Waals surface area contributed by atoms with Crippen molar-refractivity contribution in [2.75, 3.05) is 21.2 Å². The van der Waals surface area contributed by atoms with Gasteiger partial charge in [0.25, 0.3) is 0 Å². The monoisotopic (exact) mass is 406 g/mol. The summed E-state index contributed by atoms with van der Waals surface area (Å²) in [6.45, 7) is 2.05. The van der Waals surface area contributed by atoms with Gasteiger partial charge in [0.15, 0.2) is 10.8 Å². The number of carbonyl (C=O) groups is 1. The Labute approximate surface area is 173 Å². The first-order valence-electron chi connectivity index (χ1n) is 9.25. The van der Waals surface area contributed by atoms with Gasteiger partial charge in [0, 0.05) is 25.5 Å². The fourth-order valence-corrected chi connectivity index (χ4v) is 4.54. The fourth-order valence-electron chi connectivity index (χ4n) is 3.33. The molecule has 0 aliphatic heterocycles. The molecule has 0 radical (unpaired) electrons. The minimum Gasteiger partial charge on any atom is -0.497 e. The lowest BCUT2D eigenvalue weighted by atomic mass is 10.1. The number of hydrogen-bond donors (Lipinski definition) is 0. The van der Waals surface area contributed by atoms with Crippen molar-refractivity contribution in [1.29, 1.82) is 0 Å². The summed E-state index contributed by atoms with van der Waals surface area (Å²) in [6.07, 6.45) is 0. The first-order valence-corrected chi connectivity index (χ1v) is 10.1. The highest BCUT2D eigenvalue weighted by Crippen LogP contribution is 2.37. The van der Waals surface area contributed by atoms with Gasteiger partial charge in [-0.05, 0) is 36.2 Å². The zero-order valence-electron chi connectivity index (χ0n) is 16.8. The smallest absolute Gasteiger partial charge is 0.240 e. The molecule has 0 spiro atoms. The van der Waals surface area contributed by atoms with Gasteiger partial charge in [0.2, 0.25) is 5.91 Å². The molecule has 2 aromatic carbocycles. The van der Waals surface area contributed by atoms with Crippen LogP contribution < -0.4 is 4.74 Å². The molecule has 7 heteroatoms. The number of rotatable bonds is 5. The number of fused-ring (bicyclic) bond motifs is 3. The number of hydrogen-bond acceptors (Lipinski definition) is 5. The van der Waals surface area contributed by atoms with E-state index in [2.05, 4.69) is 17.1 Å². The van der Waals surface area contributed by atoms with Gasteiger partial charge in [-0.25, -0.2) is 0 Å². The van der Waals surface area contributed by atoms with E-state index in [1.54, 1.807) is 26.1 Å². The molecule has 29 heavy (non-hydrogen) atoms. The lowest BCUT2D eigenvalue weighted by molar-refractivity contribution is -0.128. The van der Waals surface area contributed by atoms with E-state index in [0.717, 1.165) is 33.4 Å². The number of ether oxygens (including phenoxy) is 1. The molecule has 2 aromatic heterocycles. The number of amides is 1. The summed E-state index contributed by atoms with van der Waals surface area (Å²) in [5, 5.41) is 10.1. The summed E-state index contributed by atoms with van der Waals surface area (Å²) in [5.41, 5.74) is 3.75. The molecule has 0 fully saturated rings. The Hall–Kier alpha value is -3.06. The highest BCUT2D eigenvalue weighted by molar-refractivity contribution is 8.00. The molecule has 1 atom stereocenters. The van der Waals surface area contributed by atoms with Crippen molar-refractivity contribution in [3.05, 3.63) is 65.7 Å². The SMILES string of the molecule is COc1ccc2c(C)cc3nnc(S[C@H](C(=O)N(C)C)c4ccccc4)n3c2c1. The lowest BCUT2D eigenvalue weighted by Crippen LogP contribution is -2.26. The second-order valence-corrected chi connectivity index (χ2v) is 8.10. The maximum Gasteiger partial charge on any atom is 0.240 e. The van der Waals surface area contributed by atoms with Crippen LogP contribution >= 0.6 is 11.8 Å². The van der Waals surface area contributed by atoms with E-state index in [9.17, 15) is 4.79 Å². The van der Waals surface area contributed by atoms with E-state index < -0.39 is 5.25 Å². The van der Waals surface area contributed by atoms with Crippen LogP contribution in [0.2, 0.25) is 0 Å². The third-order valence-corrected chi connectivity index (χ3v) is 6.05. The number of aryl methyl sites for hydroxylation is 1. The fraction of sp³-hybridized carbons (Fsp3) is 0.227. The maximum absolute atomic E-state index is 13.0. The van der Waals surface area contributed by atoms with Crippen LogP contribution in [0.4, 0.5) is 0 Å². The normalized spacial score (nSPS) is 12.3. The van der Waals surface area contributed by atoms with Crippen molar-refractivity contribution < 1.29 is 9.53 Å². The van der Waals surface area contributed by atoms with Crippen molar-refractivity contribution >= 4 is 34.2 Å². The van der Waals surface area contributed by atoms with Crippen LogP contribution in [0.1, 0.15) is 16.4 Å². The van der Waals surface area contributed by atoms with E-state index in [0.29, 0.717) is 5.16 Å². The molecular formula is C22H22N4O2S. The number of likely N-dealkylation sites (N-methyl/N-ethyl adjacent to an activating group) is 1. The van der Waals surface area contributed by atoms with E-state index in [1.807, 2.05) is 59.0 Å². The highest BCUT2D eigenvalue weighted by atomic mass is 32.2. The average molecular weight is 407 g/mol. The Morgan fingerprint density at radius 2 is 1.86 bits per heavy atom. The summed E-state index contributed by atoms with van der Waals surface area (Å²) in [5.74, 6) is 0.768. The molecule has 0 unspecified atom stereocenters. The molecule has 0 aliphatic carbocycles. The van der Waals surface area contributed by atoms with Crippen LogP contribution in [-0.2, 0) is 4.79 Å². The second kappa shape index (κ2) is 7.75. The summed E-state index contributed by atoms with van der Waals surface area (Å²) in [4.78, 5) is 14.6. The van der Waals surface area contributed by atoms with E-state index >= 15 is 0 Å². The number of nitrogens with zero attached hydrogens (tertiary/aromatic N) is 4. The summed E-state index contributed by atoms with van der Waals surface area (Å²) < 4.78 is 7.42. The number of aromatic nitrogens is 3. The van der Waals surface area contributed by atoms with Crippen LogP contribution in [0.25, 0.3) is 16.6 Å². The van der Waals surface area contributed by atoms with Crippen molar-refractivity contribution in [2.45, 2.75) is 17.3 Å². The summed E-state index contributed by atoms with van der Waals surface area (Å²) in [6, 6.07) is 17.7. The third kappa shape index (κ3) is 3.53. The minimum absolute atomic E-state index is 0.00643. The number of carbonyl (C=O) groups excluding carboxylic acids is 1. The van der Waals surface area contributed by atoms with Crippen molar-refractivity contribution in [1.82, 2.24) is 19.5 Å². The Morgan fingerprint density at radius 3 is 2.55 bits per heavy atom. The first kappa shape index (κ1) is 19.3. The van der Waals surface area contributed by atoms with Crippen LogP contribution in [-0.4, -0.2) is 46.6 Å². The number of thioether (sulfide) groups is 1. The number of benzene rings is 2. The summed E-state index contributed by atoms with van der Waals surface area (Å²) >= 11 is 1.41. The first-order chi connectivity index (χ1) is 14.0. The largest absolute Gasteiger partial charge is 0.497 e. The molecule has 1 amide bonds. The van der Waals surface area contributed by atoms with Gasteiger partial charge in [-0.3, -0.25) is 9.20 Å². The van der Waals surface area contributed by atoms with E-state index in [1.165, 1.54) is 11.8 Å². The van der Waals surface area contributed by atoms with Crippen LogP contribution in [0.5, 0.6) is 5.75 Å². The minimum atomic E-state index is -0.416. The molecule has 0 N–H and O–H groups in total. The maximum atomic E-state index is 13.0. The molecule has 148 valence electrons. The average Bonchev–Trinajstić information content (AvgIpc) is 3.14. The molecule has 4 rings (SSSR count). The topological polar surface area (TPSA) is 59.7 Å². The molecular weight excluding hydrogens is 384 g/mol. The molecule has 0 aliphatic rings. The quantitative estimate of drug-likeness (QED) is 0.467. The zero-order chi connectivity index (χ0) is 20.5. The predicted molar refractivity (Wildman–Crippen MR) is 116 cm³/mol. The van der Waals surface area contributed by atoms with Crippen molar-refractivity contribution in [3.63, 3.8) is 0 Å². The van der Waals surface area contributed by atoms with E-state index in [4.69, 9.17) is 4.74 Å². The molecule has 0 bridgehead atoms. The van der Waals surface area contributed by atoms with Crippen molar-refractivity contribution in [2.24, 2.45) is 0 Å². The van der Waals surface area contributed by atoms with Gasteiger partial charge in [-0.2, -0.15) is 0 Å². The molecule has 4 aromatic rings. The second-order valence-electron chi connectivity index (χ2n) is 7.03. The summed E-state index contributed by atoms with van der Waals surface area (Å²) in [7, 11) is 5.19. The predicted octanol–water partition coefficient (Wildman–Crippen LogP) is 4.12. The molecule has 2 heterocycles. The standard InChI is InChI=1S/C22H22N4O2S/c1-14-12-19-23-24-22(26(19)18-13-16(28-4)10-11-17(14)18)29-20(21(27)25(2)3)15-8-6-5-7-9-15/h5-13,20H,1-4H3/t20-/m0/s1. The number of pyridine rings is 1. The van der Waals surface area contributed by atoms with Crippen LogP contribution in [0.15, 0.2) is 59.8 Å². The Bertz CT molecular complexity index is 1190. The van der Waals surface area contributed by atoms with Gasteiger partial charge in [-0.1, -0.05) is 42.1 Å². The highest BCUT2D eigenvalue weighted by Gasteiger charge is 2.26. The Kier molecular flexibility index (Phi) is 5.15. The Balaban J connectivity index is 1.88. The van der Waals surface area contributed by atoms with Crippen molar-refractivity contribution in [3.8, 4) is 5.75 Å². The van der Waals surface area contributed by atoms with Gasteiger partial charge in [0.05, 0.1) is 12.6 Å². The van der Waals surface area contributed by atoms with Gasteiger partial charge >= 0.3 is 0 Å². The number of methoxy groups -OCH3 is 1. The lowest BCUT2D eigenvalue weighted by Gasteiger charge is -2.20. The zero-order valence-corrected chi connectivity index (χ0v) is 17.6. The molecule has 0 saturated carbocycles. The molecule has 6 nitrogen and oxygen atoms in total.